The molecular weight excluding hydrogens is 248 g/mol. The third-order valence-corrected chi connectivity index (χ3v) is 4.83. The van der Waals surface area contributed by atoms with Gasteiger partial charge < -0.3 is 23.1 Å². The summed E-state index contributed by atoms with van der Waals surface area (Å²) in [5, 5.41) is 8.33. The molecule has 0 amide bonds. The van der Waals surface area contributed by atoms with Crippen LogP contribution in [-0.4, -0.2) is 52.9 Å². The number of ether oxygens (including phenoxy) is 1. The summed E-state index contributed by atoms with van der Waals surface area (Å²) in [4.78, 5) is 21.4. The molecule has 0 saturated heterocycles. The van der Waals surface area contributed by atoms with Crippen molar-refractivity contribution in [1.29, 1.82) is 0 Å². The van der Waals surface area contributed by atoms with Crippen molar-refractivity contribution >= 4 is 20.7 Å². The normalized spacial score (nSPS) is 13.6. The van der Waals surface area contributed by atoms with Crippen LogP contribution in [-0.2, 0) is 27.6 Å². The zero-order chi connectivity index (χ0) is 13.5. The van der Waals surface area contributed by atoms with Crippen LogP contribution >= 0.6 is 0 Å². The van der Waals surface area contributed by atoms with Crippen LogP contribution in [0.2, 0.25) is 0 Å². The summed E-state index contributed by atoms with van der Waals surface area (Å²) in [6.07, 6.45) is 1.49. The lowest BCUT2D eigenvalue weighted by Gasteiger charge is -2.29. The lowest BCUT2D eigenvalue weighted by Crippen LogP contribution is -2.54. The Morgan fingerprint density at radius 1 is 1.12 bits per heavy atom. The van der Waals surface area contributed by atoms with Gasteiger partial charge in [0.15, 0.2) is 5.73 Å². The fourth-order valence-corrected chi connectivity index (χ4v) is 2.93. The number of rotatable bonds is 7. The van der Waals surface area contributed by atoms with Gasteiger partial charge in [0.1, 0.15) is 0 Å². The molecule has 0 fully saturated rings. The number of carboxylic acid groups (broad SMARTS) is 1. The van der Waals surface area contributed by atoms with E-state index in [0.29, 0.717) is 6.08 Å². The fraction of sp³-hybridized carbons (Fsp3) is 0.556. The van der Waals surface area contributed by atoms with Crippen LogP contribution in [0.5, 0.6) is 0 Å². The molecule has 0 bridgehead atoms. The van der Waals surface area contributed by atoms with E-state index in [1.165, 1.54) is 21.3 Å². The first kappa shape index (κ1) is 15.8. The molecular formula is C9H16O7Si. The molecule has 0 radical (unpaired) electrons. The monoisotopic (exact) mass is 264 g/mol. The van der Waals surface area contributed by atoms with Crippen LogP contribution in [0, 0.1) is 0 Å². The Morgan fingerprint density at radius 2 is 1.59 bits per heavy atom. The molecule has 0 saturated carbocycles. The highest BCUT2D eigenvalue weighted by molar-refractivity contribution is 6.62. The summed E-state index contributed by atoms with van der Waals surface area (Å²) in [6, 6.07) is 0. The van der Waals surface area contributed by atoms with Gasteiger partial charge in [0, 0.05) is 33.5 Å². The van der Waals surface area contributed by atoms with Gasteiger partial charge in [-0.1, -0.05) is 0 Å². The van der Waals surface area contributed by atoms with Crippen LogP contribution in [0.25, 0.3) is 0 Å². The molecule has 0 aromatic heterocycles. The molecule has 0 rings (SSSR count). The Morgan fingerprint density at radius 3 is 1.94 bits per heavy atom. The van der Waals surface area contributed by atoms with E-state index in [0.717, 1.165) is 6.08 Å². The van der Waals surface area contributed by atoms with Crippen molar-refractivity contribution in [2.75, 3.05) is 21.3 Å². The average molecular weight is 264 g/mol. The molecule has 0 spiro atoms. The molecule has 0 aliphatic heterocycles. The second kappa shape index (κ2) is 7.17. The van der Waals surface area contributed by atoms with Gasteiger partial charge in [-0.15, -0.1) is 0 Å². The highest BCUT2D eigenvalue weighted by atomic mass is 28.4. The van der Waals surface area contributed by atoms with Gasteiger partial charge in [0.05, 0.1) is 0 Å². The molecule has 1 N–H and O–H groups in total. The Bertz CT molecular complexity index is 289. The number of aliphatic carboxylic acids is 1. The zero-order valence-corrected chi connectivity index (χ0v) is 11.1. The Labute approximate surface area is 100 Å². The summed E-state index contributed by atoms with van der Waals surface area (Å²) in [5.74, 6) is -2.04. The smallest absolute Gasteiger partial charge is 0.478 e. The molecule has 8 heteroatoms. The van der Waals surface area contributed by atoms with Gasteiger partial charge >= 0.3 is 20.7 Å². The van der Waals surface area contributed by atoms with E-state index < -0.39 is 26.5 Å². The topological polar surface area (TPSA) is 91.3 Å². The van der Waals surface area contributed by atoms with Gasteiger partial charge in [-0.3, -0.25) is 0 Å². The van der Waals surface area contributed by atoms with E-state index >= 15 is 0 Å². The molecule has 0 aromatic carbocycles. The molecule has 98 valence electrons. The van der Waals surface area contributed by atoms with Crippen molar-refractivity contribution in [3.8, 4) is 0 Å². The maximum absolute atomic E-state index is 11.2. The van der Waals surface area contributed by atoms with E-state index in [-0.39, 0.29) is 0 Å². The molecule has 17 heavy (non-hydrogen) atoms. The van der Waals surface area contributed by atoms with E-state index in [4.69, 9.17) is 23.1 Å². The molecule has 1 unspecified atom stereocenters. The second-order valence-electron chi connectivity index (χ2n) is 2.97. The highest BCUT2D eigenvalue weighted by Gasteiger charge is 2.47. The number of hydrogen-bond donors (Lipinski definition) is 1. The van der Waals surface area contributed by atoms with Crippen molar-refractivity contribution in [3.63, 3.8) is 0 Å². The largest absolute Gasteiger partial charge is 0.543 e. The van der Waals surface area contributed by atoms with Crippen molar-refractivity contribution in [1.82, 2.24) is 0 Å². The molecule has 0 aliphatic carbocycles. The Balaban J connectivity index is 4.56. The average Bonchev–Trinajstić information content (AvgIpc) is 2.29. The maximum Gasteiger partial charge on any atom is 0.543 e. The standard InChI is InChI=1S/C9H16O7Si/c1-7(17(13-2,14-3)15-4)16-9(12)6-5-8(10)11/h5-7H,1-4H3,(H,10,11). The molecule has 0 heterocycles. The number of esters is 1. The molecule has 0 aromatic rings. The van der Waals surface area contributed by atoms with Gasteiger partial charge in [0.25, 0.3) is 0 Å². The van der Waals surface area contributed by atoms with E-state index in [1.807, 2.05) is 0 Å². The van der Waals surface area contributed by atoms with E-state index in [1.54, 1.807) is 6.92 Å². The first-order chi connectivity index (χ1) is 7.91. The van der Waals surface area contributed by atoms with Crippen molar-refractivity contribution < 1.29 is 32.7 Å². The van der Waals surface area contributed by atoms with Crippen LogP contribution in [0.4, 0.5) is 0 Å². The Hall–Kier alpha value is -1.22. The SMILES string of the molecule is CO[Si](OC)(OC)C(C)OC(=O)C=CC(=O)O. The molecule has 1 atom stereocenters. The number of hydrogen-bond acceptors (Lipinski definition) is 6. The van der Waals surface area contributed by atoms with Gasteiger partial charge in [-0.25, -0.2) is 9.59 Å². The predicted molar refractivity (Wildman–Crippen MR) is 59.1 cm³/mol. The minimum Gasteiger partial charge on any atom is -0.478 e. The summed E-state index contributed by atoms with van der Waals surface area (Å²) < 4.78 is 20.2. The fourth-order valence-electron chi connectivity index (χ4n) is 1.17. The minimum atomic E-state index is -3.06. The van der Waals surface area contributed by atoms with Crippen LogP contribution in [0.3, 0.4) is 0 Å². The third kappa shape index (κ3) is 4.65. The lowest BCUT2D eigenvalue weighted by molar-refractivity contribution is -0.142. The zero-order valence-electron chi connectivity index (χ0n) is 10.1. The number of carbonyl (C=O) groups excluding carboxylic acids is 1. The van der Waals surface area contributed by atoms with Gasteiger partial charge in [-0.2, -0.15) is 0 Å². The van der Waals surface area contributed by atoms with Crippen LogP contribution in [0.1, 0.15) is 6.92 Å². The van der Waals surface area contributed by atoms with Crippen molar-refractivity contribution in [3.05, 3.63) is 12.2 Å². The van der Waals surface area contributed by atoms with Gasteiger partial charge in [0.2, 0.25) is 0 Å². The summed E-state index contributed by atoms with van der Waals surface area (Å²) >= 11 is 0. The lowest BCUT2D eigenvalue weighted by atomic mass is 10.5. The van der Waals surface area contributed by atoms with Crippen molar-refractivity contribution in [2.24, 2.45) is 0 Å². The van der Waals surface area contributed by atoms with Crippen LogP contribution in [0.15, 0.2) is 12.2 Å². The van der Waals surface area contributed by atoms with E-state index in [9.17, 15) is 9.59 Å². The highest BCUT2D eigenvalue weighted by Crippen LogP contribution is 2.14. The molecule has 7 nitrogen and oxygen atoms in total. The maximum atomic E-state index is 11.2. The first-order valence-corrected chi connectivity index (χ1v) is 6.49. The second-order valence-corrected chi connectivity index (χ2v) is 6.21. The summed E-state index contributed by atoms with van der Waals surface area (Å²) in [5.41, 5.74) is -0.742. The van der Waals surface area contributed by atoms with Crippen molar-refractivity contribution in [2.45, 2.75) is 12.7 Å². The van der Waals surface area contributed by atoms with Crippen LogP contribution < -0.4 is 0 Å². The minimum absolute atomic E-state index is 0.685. The first-order valence-electron chi connectivity index (χ1n) is 4.69. The third-order valence-electron chi connectivity index (χ3n) is 2.01. The van der Waals surface area contributed by atoms with E-state index in [2.05, 4.69) is 0 Å². The number of carboxylic acids is 1. The predicted octanol–water partition coefficient (Wildman–Crippen LogP) is -0.0238. The van der Waals surface area contributed by atoms with Gasteiger partial charge in [-0.05, 0) is 6.92 Å². The number of carbonyl (C=O) groups is 2. The quantitative estimate of drug-likeness (QED) is 0.392. The summed E-state index contributed by atoms with van der Waals surface area (Å²) in [6.45, 7) is 1.55. The Kier molecular flexibility index (Phi) is 6.65. The molecule has 0 aliphatic rings. The summed E-state index contributed by atoms with van der Waals surface area (Å²) in [7, 11) is 1.09.